The van der Waals surface area contributed by atoms with E-state index < -0.39 is 0 Å². The van der Waals surface area contributed by atoms with Crippen LogP contribution in [0, 0.1) is 16.7 Å². The highest BCUT2D eigenvalue weighted by atomic mass is 15.4. The number of aromatic nitrogens is 3. The second kappa shape index (κ2) is 16.9. The summed E-state index contributed by atoms with van der Waals surface area (Å²) >= 11 is 0. The smallest absolute Gasteiger partial charge is 0.232 e. The van der Waals surface area contributed by atoms with Gasteiger partial charge in [-0.3, -0.25) is 9.80 Å². The van der Waals surface area contributed by atoms with Crippen LogP contribution in [0.4, 0.5) is 17.8 Å². The molecular formula is C46H89N9. The summed E-state index contributed by atoms with van der Waals surface area (Å²) in [5, 5.41) is 0. The maximum absolute atomic E-state index is 5.23. The van der Waals surface area contributed by atoms with Gasteiger partial charge < -0.3 is 19.6 Å². The molecule has 0 atom stereocenters. The molecule has 5 rings (SSSR count). The molecule has 0 aromatic carbocycles. The molecule has 1 aromatic heterocycles. The van der Waals surface area contributed by atoms with Crippen LogP contribution in [-0.4, -0.2) is 124 Å². The Morgan fingerprint density at radius 2 is 1.04 bits per heavy atom. The Hall–Kier alpha value is -1.71. The standard InChI is InChI=1S/C30H56N8.C16H33N/c1-13-38(23-20-29(6,7)36(12)30(8,9)21-23)26-32-24(31-25(33-26)37-16-14-15-17-37)34(10)22-18-27(2,3)35(11)28(4,5)19-22;1-8-9-10-17(7)14-11-15(3,4)13(2)16(5,6)12-14/h22-23H,13-21H2,1-12H3;13-14H,8-12H2,1-7H3. The van der Waals surface area contributed by atoms with E-state index in [4.69, 9.17) is 15.0 Å². The van der Waals surface area contributed by atoms with Crippen LogP contribution in [0.2, 0.25) is 0 Å². The van der Waals surface area contributed by atoms with E-state index in [0.717, 1.165) is 75.1 Å². The molecule has 0 bridgehead atoms. The molecule has 0 radical (unpaired) electrons. The lowest BCUT2D eigenvalue weighted by Crippen LogP contribution is -2.63. The lowest BCUT2D eigenvalue weighted by atomic mass is 9.56. The van der Waals surface area contributed by atoms with Crippen LogP contribution in [0.25, 0.3) is 0 Å². The first-order chi connectivity index (χ1) is 25.2. The first-order valence-corrected chi connectivity index (χ1v) is 22.4. The van der Waals surface area contributed by atoms with Crippen molar-refractivity contribution in [3.8, 4) is 0 Å². The molecule has 0 spiro atoms. The van der Waals surface area contributed by atoms with Crippen molar-refractivity contribution >= 4 is 17.8 Å². The maximum Gasteiger partial charge on any atom is 0.232 e. The normalized spacial score (nSPS) is 27.8. The zero-order valence-electron chi connectivity index (χ0n) is 39.7. The first kappa shape index (κ1) is 46.0. The molecule has 0 N–H and O–H groups in total. The number of rotatable bonds is 10. The molecule has 0 unspecified atom stereocenters. The van der Waals surface area contributed by atoms with Crippen molar-refractivity contribution in [1.29, 1.82) is 0 Å². The van der Waals surface area contributed by atoms with Gasteiger partial charge in [0.1, 0.15) is 0 Å². The van der Waals surface area contributed by atoms with Gasteiger partial charge >= 0.3 is 0 Å². The van der Waals surface area contributed by atoms with Gasteiger partial charge in [0.05, 0.1) is 0 Å². The lowest BCUT2D eigenvalue weighted by Gasteiger charge is -2.55. The lowest BCUT2D eigenvalue weighted by molar-refractivity contribution is -0.0243. The molecule has 3 aliphatic heterocycles. The van der Waals surface area contributed by atoms with Crippen molar-refractivity contribution in [2.45, 2.75) is 208 Å². The van der Waals surface area contributed by atoms with E-state index >= 15 is 0 Å². The van der Waals surface area contributed by atoms with E-state index in [1.807, 2.05) is 0 Å². The zero-order chi connectivity index (χ0) is 41.5. The zero-order valence-corrected chi connectivity index (χ0v) is 39.7. The fraction of sp³-hybridized carbons (Fsp3) is 0.935. The summed E-state index contributed by atoms with van der Waals surface area (Å²) in [7, 11) is 9.07. The Labute approximate surface area is 340 Å². The predicted molar refractivity (Wildman–Crippen MR) is 238 cm³/mol. The van der Waals surface area contributed by atoms with Crippen molar-refractivity contribution in [3.63, 3.8) is 0 Å². The summed E-state index contributed by atoms with van der Waals surface area (Å²) in [6.07, 6.45) is 12.1. The third-order valence-electron chi connectivity index (χ3n) is 15.8. The number of hydrogen-bond donors (Lipinski definition) is 0. The Morgan fingerprint density at radius 3 is 1.47 bits per heavy atom. The average Bonchev–Trinajstić information content (AvgIpc) is 3.62. The summed E-state index contributed by atoms with van der Waals surface area (Å²) < 4.78 is 0. The molecule has 4 aliphatic rings. The van der Waals surface area contributed by atoms with Gasteiger partial charge in [0, 0.05) is 67.0 Å². The van der Waals surface area contributed by atoms with Gasteiger partial charge in [0.2, 0.25) is 17.8 Å². The molecule has 3 saturated heterocycles. The number of likely N-dealkylation sites (tertiary alicyclic amines) is 2. The minimum atomic E-state index is 0.106. The van der Waals surface area contributed by atoms with Gasteiger partial charge in [0.15, 0.2) is 0 Å². The topological polar surface area (TPSA) is 58.1 Å². The molecule has 55 heavy (non-hydrogen) atoms. The third kappa shape index (κ3) is 10.3. The van der Waals surface area contributed by atoms with Crippen molar-refractivity contribution in [2.24, 2.45) is 16.7 Å². The third-order valence-corrected chi connectivity index (χ3v) is 15.8. The van der Waals surface area contributed by atoms with Crippen molar-refractivity contribution < 1.29 is 0 Å². The van der Waals surface area contributed by atoms with E-state index in [0.29, 0.717) is 22.9 Å². The van der Waals surface area contributed by atoms with Gasteiger partial charge in [0.25, 0.3) is 0 Å². The molecule has 1 saturated carbocycles. The summed E-state index contributed by atoms with van der Waals surface area (Å²) in [4.78, 5) is 30.4. The van der Waals surface area contributed by atoms with E-state index in [1.54, 1.807) is 0 Å². The molecule has 0 amide bonds. The van der Waals surface area contributed by atoms with E-state index in [-0.39, 0.29) is 22.2 Å². The highest BCUT2D eigenvalue weighted by molar-refractivity contribution is 5.48. The monoisotopic (exact) mass is 768 g/mol. The van der Waals surface area contributed by atoms with Gasteiger partial charge in [-0.15, -0.1) is 0 Å². The molecule has 318 valence electrons. The second-order valence-corrected chi connectivity index (χ2v) is 22.4. The van der Waals surface area contributed by atoms with Crippen molar-refractivity contribution in [2.75, 3.05) is 69.1 Å². The minimum absolute atomic E-state index is 0.106. The van der Waals surface area contributed by atoms with Crippen LogP contribution in [0.3, 0.4) is 0 Å². The Kier molecular flexibility index (Phi) is 14.1. The van der Waals surface area contributed by atoms with Crippen LogP contribution < -0.4 is 14.7 Å². The van der Waals surface area contributed by atoms with E-state index in [9.17, 15) is 0 Å². The second-order valence-electron chi connectivity index (χ2n) is 22.4. The summed E-state index contributed by atoms with van der Waals surface area (Å²) in [5.74, 6) is 3.33. The van der Waals surface area contributed by atoms with Gasteiger partial charge in [-0.05, 0) is 165 Å². The Bertz CT molecular complexity index is 1340. The number of hydrogen-bond acceptors (Lipinski definition) is 9. The number of nitrogens with zero attached hydrogens (tertiary/aromatic N) is 9. The highest BCUT2D eigenvalue weighted by Gasteiger charge is 2.48. The van der Waals surface area contributed by atoms with Gasteiger partial charge in [-0.2, -0.15) is 15.0 Å². The molecule has 1 aromatic rings. The number of anilines is 3. The Balaban J connectivity index is 0.000000332. The van der Waals surface area contributed by atoms with Crippen LogP contribution in [0.5, 0.6) is 0 Å². The maximum atomic E-state index is 5.23. The first-order valence-electron chi connectivity index (χ1n) is 22.4. The van der Waals surface area contributed by atoms with Crippen LogP contribution in [0.1, 0.15) is 168 Å². The molecular weight excluding hydrogens is 679 g/mol. The SMILES string of the molecule is CCCCN(C)C1CC(C)(C)C(C)C(C)(C)C1.CCN(c1nc(N2CCCC2)nc(N(C)C2CC(C)(C)N(C)C(C)(C)C2)n1)C1CC(C)(C)N(C)C(C)(C)C1. The van der Waals surface area contributed by atoms with E-state index in [2.05, 4.69) is 161 Å². The van der Waals surface area contributed by atoms with Crippen LogP contribution in [0.15, 0.2) is 0 Å². The van der Waals surface area contributed by atoms with Crippen molar-refractivity contribution in [3.05, 3.63) is 0 Å². The van der Waals surface area contributed by atoms with Gasteiger partial charge in [-0.1, -0.05) is 48.0 Å². The highest BCUT2D eigenvalue weighted by Crippen LogP contribution is 2.51. The minimum Gasteiger partial charge on any atom is -0.341 e. The summed E-state index contributed by atoms with van der Waals surface area (Å²) in [6, 6.07) is 1.53. The van der Waals surface area contributed by atoms with Crippen LogP contribution >= 0.6 is 0 Å². The van der Waals surface area contributed by atoms with E-state index in [1.165, 1.54) is 45.1 Å². The largest absolute Gasteiger partial charge is 0.341 e. The fourth-order valence-corrected chi connectivity index (χ4v) is 11.1. The van der Waals surface area contributed by atoms with Gasteiger partial charge in [-0.25, -0.2) is 0 Å². The summed E-state index contributed by atoms with van der Waals surface area (Å²) in [6.45, 7) is 40.0. The molecule has 9 nitrogen and oxygen atoms in total. The molecule has 1 aliphatic carbocycles. The summed E-state index contributed by atoms with van der Waals surface area (Å²) in [5.41, 5.74) is 1.38. The quantitative estimate of drug-likeness (QED) is 0.232. The fourth-order valence-electron chi connectivity index (χ4n) is 11.1. The van der Waals surface area contributed by atoms with Crippen LogP contribution in [-0.2, 0) is 0 Å². The Morgan fingerprint density at radius 1 is 0.600 bits per heavy atom. The number of unbranched alkanes of at least 4 members (excludes halogenated alkanes) is 1. The van der Waals surface area contributed by atoms with Crippen molar-refractivity contribution in [1.82, 2.24) is 29.7 Å². The molecule has 9 heteroatoms. The molecule has 4 heterocycles. The number of piperidine rings is 2. The average molecular weight is 768 g/mol. The molecule has 4 fully saturated rings. The predicted octanol–water partition coefficient (Wildman–Crippen LogP) is 9.61.